The average molecular weight is 331 g/mol. The van der Waals surface area contributed by atoms with E-state index in [0.29, 0.717) is 12.9 Å². The van der Waals surface area contributed by atoms with Crippen molar-refractivity contribution in [3.8, 4) is 0 Å². The highest BCUT2D eigenvalue weighted by Crippen LogP contribution is 2.19. The van der Waals surface area contributed by atoms with Crippen LogP contribution in [0.1, 0.15) is 81.1 Å². The maximum atomic E-state index is 11.6. The minimum absolute atomic E-state index is 0.0473. The molecule has 1 N–H and O–H groups in total. The molecule has 138 valence electrons. The van der Waals surface area contributed by atoms with Crippen molar-refractivity contribution in [2.24, 2.45) is 0 Å². The summed E-state index contributed by atoms with van der Waals surface area (Å²) in [5.41, 5.74) is -0.648. The lowest BCUT2D eigenvalue weighted by atomic mass is 9.91. The molecular formula is C18H37NO4. The molecule has 0 heterocycles. The van der Waals surface area contributed by atoms with E-state index in [2.05, 4.69) is 23.9 Å². The van der Waals surface area contributed by atoms with Gasteiger partial charge in [-0.25, -0.2) is 0 Å². The van der Waals surface area contributed by atoms with E-state index in [1.54, 1.807) is 0 Å². The molecule has 1 atom stereocenters. The van der Waals surface area contributed by atoms with Gasteiger partial charge in [-0.1, -0.05) is 13.3 Å². The number of esters is 1. The molecule has 5 heteroatoms. The summed E-state index contributed by atoms with van der Waals surface area (Å²) >= 11 is 0. The lowest BCUT2D eigenvalue weighted by Gasteiger charge is -2.29. The number of hydrogen-bond donors (Lipinski definition) is 1. The van der Waals surface area contributed by atoms with Gasteiger partial charge in [-0.15, -0.1) is 0 Å². The summed E-state index contributed by atoms with van der Waals surface area (Å²) in [6.07, 6.45) is 3.50. The molecule has 0 fully saturated rings. The van der Waals surface area contributed by atoms with Crippen LogP contribution < -0.4 is 5.32 Å². The van der Waals surface area contributed by atoms with Gasteiger partial charge in [0.2, 0.25) is 0 Å². The molecule has 0 spiro atoms. The Balaban J connectivity index is 0. The maximum Gasteiger partial charge on any atom is 0.306 e. The topological polar surface area (TPSA) is 64.6 Å². The summed E-state index contributed by atoms with van der Waals surface area (Å²) in [6, 6.07) is 0. The highest BCUT2D eigenvalue weighted by atomic mass is 16.6. The minimum Gasteiger partial charge on any atom is -0.462 e. The van der Waals surface area contributed by atoms with Gasteiger partial charge in [0.05, 0.1) is 0 Å². The summed E-state index contributed by atoms with van der Waals surface area (Å²) in [5, 5.41) is 3.29. The second-order valence-electron chi connectivity index (χ2n) is 7.97. The lowest BCUT2D eigenvalue weighted by Crippen LogP contribution is -2.40. The van der Waals surface area contributed by atoms with E-state index < -0.39 is 0 Å². The van der Waals surface area contributed by atoms with Crippen LogP contribution in [0.25, 0.3) is 0 Å². The molecule has 0 bridgehead atoms. The molecule has 1 unspecified atom stereocenters. The summed E-state index contributed by atoms with van der Waals surface area (Å²) in [5.74, 6) is -0.106. The molecule has 0 saturated carbocycles. The normalized spacial score (nSPS) is 14.1. The second kappa shape index (κ2) is 10.6. The lowest BCUT2D eigenvalue weighted by molar-refractivity contribution is -0.155. The fraction of sp³-hybridized carbons (Fsp3) is 0.889. The van der Waals surface area contributed by atoms with E-state index in [0.717, 1.165) is 19.3 Å². The summed E-state index contributed by atoms with van der Waals surface area (Å²) in [7, 11) is 1.95. The van der Waals surface area contributed by atoms with Crippen molar-refractivity contribution in [1.82, 2.24) is 5.32 Å². The first-order chi connectivity index (χ1) is 10.3. The van der Waals surface area contributed by atoms with Crippen LogP contribution in [0.3, 0.4) is 0 Å². The highest BCUT2D eigenvalue weighted by Gasteiger charge is 2.23. The average Bonchev–Trinajstić information content (AvgIpc) is 2.34. The van der Waals surface area contributed by atoms with Crippen molar-refractivity contribution in [2.45, 2.75) is 97.8 Å². The third-order valence-electron chi connectivity index (χ3n) is 3.11. The summed E-state index contributed by atoms with van der Waals surface area (Å²) in [6.45, 7) is 15.9. The fourth-order valence-corrected chi connectivity index (χ4v) is 1.84. The Labute approximate surface area is 142 Å². The Hall–Kier alpha value is -1.10. The van der Waals surface area contributed by atoms with Crippen LogP contribution >= 0.6 is 0 Å². The number of nitrogens with one attached hydrogen (secondary N) is 1. The van der Waals surface area contributed by atoms with Gasteiger partial charge in [0.1, 0.15) is 11.2 Å². The van der Waals surface area contributed by atoms with E-state index in [9.17, 15) is 9.59 Å². The molecule has 0 amide bonds. The van der Waals surface area contributed by atoms with E-state index in [1.165, 1.54) is 0 Å². The van der Waals surface area contributed by atoms with Gasteiger partial charge in [0.15, 0.2) is 0 Å². The van der Waals surface area contributed by atoms with Crippen LogP contribution in [0.4, 0.5) is 0 Å². The molecule has 5 nitrogen and oxygen atoms in total. The monoisotopic (exact) mass is 331 g/mol. The molecule has 0 aromatic heterocycles. The van der Waals surface area contributed by atoms with Crippen LogP contribution in [-0.2, 0) is 19.1 Å². The molecule has 23 heavy (non-hydrogen) atoms. The third kappa shape index (κ3) is 17.1. The Morgan fingerprint density at radius 1 is 1.00 bits per heavy atom. The number of ether oxygens (including phenoxy) is 2. The SMILES string of the molecule is CC(C)(C)OC=O.CCCC(C)(CCC(=O)OC(C)(C)C)NC. The van der Waals surface area contributed by atoms with E-state index in [1.807, 2.05) is 48.6 Å². The first-order valence-electron chi connectivity index (χ1n) is 8.31. The van der Waals surface area contributed by atoms with Crippen molar-refractivity contribution < 1.29 is 19.1 Å². The summed E-state index contributed by atoms with van der Waals surface area (Å²) < 4.78 is 9.84. The Morgan fingerprint density at radius 3 is 1.78 bits per heavy atom. The van der Waals surface area contributed by atoms with Gasteiger partial charge in [-0.2, -0.15) is 0 Å². The molecular weight excluding hydrogens is 294 g/mol. The van der Waals surface area contributed by atoms with E-state index in [-0.39, 0.29) is 22.7 Å². The van der Waals surface area contributed by atoms with E-state index >= 15 is 0 Å². The van der Waals surface area contributed by atoms with Crippen LogP contribution in [0.5, 0.6) is 0 Å². The van der Waals surface area contributed by atoms with Crippen LogP contribution in [0.2, 0.25) is 0 Å². The molecule has 0 saturated heterocycles. The molecule has 0 aliphatic carbocycles. The number of rotatable bonds is 7. The zero-order chi connectivity index (χ0) is 18.7. The quantitative estimate of drug-likeness (QED) is 0.567. The van der Waals surface area contributed by atoms with Gasteiger partial charge >= 0.3 is 5.97 Å². The van der Waals surface area contributed by atoms with Crippen molar-refractivity contribution in [3.05, 3.63) is 0 Å². The van der Waals surface area contributed by atoms with Crippen LogP contribution in [0, 0.1) is 0 Å². The first-order valence-corrected chi connectivity index (χ1v) is 8.31. The molecule has 0 rings (SSSR count). The fourth-order valence-electron chi connectivity index (χ4n) is 1.84. The zero-order valence-electron chi connectivity index (χ0n) is 16.5. The Kier molecular flexibility index (Phi) is 11.2. The first kappa shape index (κ1) is 24.2. The van der Waals surface area contributed by atoms with Gasteiger partial charge in [0, 0.05) is 12.0 Å². The number of carbonyl (C=O) groups excluding carboxylic acids is 2. The molecule has 0 aromatic carbocycles. The van der Waals surface area contributed by atoms with E-state index in [4.69, 9.17) is 4.74 Å². The Bertz CT molecular complexity index is 342. The van der Waals surface area contributed by atoms with Gasteiger partial charge in [-0.3, -0.25) is 9.59 Å². The summed E-state index contributed by atoms with van der Waals surface area (Å²) in [4.78, 5) is 21.2. The van der Waals surface area contributed by atoms with Crippen LogP contribution in [-0.4, -0.2) is 36.2 Å². The molecule has 0 aliphatic rings. The smallest absolute Gasteiger partial charge is 0.306 e. The van der Waals surface area contributed by atoms with Crippen LogP contribution in [0.15, 0.2) is 0 Å². The maximum absolute atomic E-state index is 11.6. The van der Waals surface area contributed by atoms with Crippen molar-refractivity contribution in [3.63, 3.8) is 0 Å². The molecule has 0 radical (unpaired) electrons. The van der Waals surface area contributed by atoms with Gasteiger partial charge in [0.25, 0.3) is 6.47 Å². The second-order valence-corrected chi connectivity index (χ2v) is 7.97. The predicted octanol–water partition coefficient (Wildman–Crippen LogP) is 3.84. The Morgan fingerprint density at radius 2 is 1.52 bits per heavy atom. The standard InChI is InChI=1S/C13H27NO2.C5H10O2/c1-7-9-13(5,14-6)10-8-11(15)16-12(2,3)4;1-5(2,3)7-4-6/h14H,7-10H2,1-6H3;4H,1-3H3. The highest BCUT2D eigenvalue weighted by molar-refractivity contribution is 5.69. The molecule has 0 aliphatic heterocycles. The van der Waals surface area contributed by atoms with Gasteiger partial charge in [-0.05, 0) is 68.4 Å². The number of carbonyl (C=O) groups is 2. The zero-order valence-corrected chi connectivity index (χ0v) is 16.5. The van der Waals surface area contributed by atoms with Gasteiger partial charge < -0.3 is 14.8 Å². The molecule has 0 aromatic rings. The predicted molar refractivity (Wildman–Crippen MR) is 94.4 cm³/mol. The minimum atomic E-state index is -0.377. The third-order valence-corrected chi connectivity index (χ3v) is 3.11. The largest absolute Gasteiger partial charge is 0.462 e. The van der Waals surface area contributed by atoms with Crippen molar-refractivity contribution >= 4 is 12.4 Å². The van der Waals surface area contributed by atoms with Crippen molar-refractivity contribution in [1.29, 1.82) is 0 Å². The number of hydrogen-bond acceptors (Lipinski definition) is 5. The van der Waals surface area contributed by atoms with Crippen molar-refractivity contribution in [2.75, 3.05) is 7.05 Å².